The molecule has 35 heavy (non-hydrogen) atoms. The van der Waals surface area contributed by atoms with Crippen molar-refractivity contribution in [1.29, 1.82) is 0 Å². The Morgan fingerprint density at radius 2 is 1.54 bits per heavy atom. The van der Waals surface area contributed by atoms with E-state index in [4.69, 9.17) is 5.14 Å². The van der Waals surface area contributed by atoms with Gasteiger partial charge in [-0.25, -0.2) is 31.3 Å². The highest BCUT2D eigenvalue weighted by Gasteiger charge is 2.25. The van der Waals surface area contributed by atoms with Gasteiger partial charge >= 0.3 is 0 Å². The SMILES string of the molecule is NS(=O)(=O)c1ccc(Nc2ncc(F)c(Nc3ccc(C(=O)N4CCS(=O)(=O)CC4)cc3)n2)cc1. The third-order valence-electron chi connectivity index (χ3n) is 5.21. The number of carbonyl (C=O) groups is 1. The molecule has 1 fully saturated rings. The van der Waals surface area contributed by atoms with Gasteiger partial charge in [-0.15, -0.1) is 0 Å². The first-order valence-electron chi connectivity index (χ1n) is 10.3. The van der Waals surface area contributed by atoms with Gasteiger partial charge in [0.15, 0.2) is 21.5 Å². The Kier molecular flexibility index (Phi) is 6.69. The first kappa shape index (κ1) is 24.5. The minimum absolute atomic E-state index is 0.0575. The van der Waals surface area contributed by atoms with Gasteiger partial charge in [-0.1, -0.05) is 0 Å². The van der Waals surface area contributed by atoms with Crippen molar-refractivity contribution in [2.24, 2.45) is 5.14 Å². The van der Waals surface area contributed by atoms with Crippen LogP contribution in [0.3, 0.4) is 0 Å². The van der Waals surface area contributed by atoms with Crippen LogP contribution in [0.25, 0.3) is 0 Å². The maximum atomic E-state index is 14.3. The summed E-state index contributed by atoms with van der Waals surface area (Å²) in [6.07, 6.45) is 0.971. The Bertz CT molecular complexity index is 1450. The molecule has 0 spiro atoms. The molecule has 1 aliphatic rings. The van der Waals surface area contributed by atoms with E-state index in [1.165, 1.54) is 29.2 Å². The van der Waals surface area contributed by atoms with Crippen LogP contribution in [0.2, 0.25) is 0 Å². The van der Waals surface area contributed by atoms with Gasteiger partial charge in [0, 0.05) is 30.0 Å². The average Bonchev–Trinajstić information content (AvgIpc) is 2.81. The number of nitrogens with zero attached hydrogens (tertiary/aromatic N) is 3. The number of nitrogens with two attached hydrogens (primary N) is 1. The largest absolute Gasteiger partial charge is 0.338 e. The summed E-state index contributed by atoms with van der Waals surface area (Å²) >= 11 is 0. The zero-order chi connectivity index (χ0) is 25.2. The van der Waals surface area contributed by atoms with E-state index < -0.39 is 25.7 Å². The quantitative estimate of drug-likeness (QED) is 0.438. The normalized spacial score (nSPS) is 15.4. The minimum Gasteiger partial charge on any atom is -0.338 e. The molecule has 1 saturated heterocycles. The lowest BCUT2D eigenvalue weighted by atomic mass is 10.1. The number of anilines is 4. The first-order chi connectivity index (χ1) is 16.5. The molecule has 184 valence electrons. The standard InChI is InChI=1S/C21H21FN6O5S2/c22-18-13-24-21(26-16-5-7-17(8-6-16)35(23,32)33)27-19(18)25-15-3-1-14(2-4-15)20(29)28-9-11-34(30,31)12-10-28/h1-8,13H,9-12H2,(H2,23,32,33)(H2,24,25,26,27). The molecule has 4 N–H and O–H groups in total. The van der Waals surface area contributed by atoms with Crippen LogP contribution in [0.4, 0.5) is 27.5 Å². The van der Waals surface area contributed by atoms with Crippen LogP contribution in [0.1, 0.15) is 10.4 Å². The van der Waals surface area contributed by atoms with Crippen molar-refractivity contribution in [3.05, 3.63) is 66.1 Å². The van der Waals surface area contributed by atoms with Crippen LogP contribution in [0.15, 0.2) is 59.6 Å². The molecule has 0 saturated carbocycles. The minimum atomic E-state index is -3.83. The van der Waals surface area contributed by atoms with Crippen molar-refractivity contribution in [3.8, 4) is 0 Å². The van der Waals surface area contributed by atoms with Gasteiger partial charge in [0.25, 0.3) is 5.91 Å². The average molecular weight is 521 g/mol. The molecular weight excluding hydrogens is 499 g/mol. The third kappa shape index (κ3) is 6.09. The molecule has 0 bridgehead atoms. The fourth-order valence-electron chi connectivity index (χ4n) is 3.30. The Morgan fingerprint density at radius 3 is 2.14 bits per heavy atom. The molecule has 2 heterocycles. The number of hydrogen-bond donors (Lipinski definition) is 3. The van der Waals surface area contributed by atoms with Crippen molar-refractivity contribution in [3.63, 3.8) is 0 Å². The molecule has 4 rings (SSSR count). The summed E-state index contributed by atoms with van der Waals surface area (Å²) in [7, 11) is -6.92. The van der Waals surface area contributed by atoms with Crippen LogP contribution in [-0.2, 0) is 19.9 Å². The number of amides is 1. The van der Waals surface area contributed by atoms with Crippen LogP contribution in [0.5, 0.6) is 0 Å². The smallest absolute Gasteiger partial charge is 0.253 e. The summed E-state index contributed by atoms with van der Waals surface area (Å²) in [6.45, 7) is 0.293. The predicted molar refractivity (Wildman–Crippen MR) is 127 cm³/mol. The number of primary sulfonamides is 1. The summed E-state index contributed by atoms with van der Waals surface area (Å²) in [6, 6.07) is 11.8. The number of sulfone groups is 1. The number of carbonyl (C=O) groups excluding carboxylic acids is 1. The topological polar surface area (TPSA) is 164 Å². The zero-order valence-electron chi connectivity index (χ0n) is 18.2. The Hall–Kier alpha value is -3.62. The molecule has 1 aliphatic heterocycles. The number of aromatic nitrogens is 2. The van der Waals surface area contributed by atoms with Gasteiger partial charge in [-0.05, 0) is 48.5 Å². The number of hydrogen-bond acceptors (Lipinski definition) is 9. The fraction of sp³-hybridized carbons (Fsp3) is 0.190. The lowest BCUT2D eigenvalue weighted by molar-refractivity contribution is 0.0770. The molecule has 0 aliphatic carbocycles. The maximum absolute atomic E-state index is 14.3. The van der Waals surface area contributed by atoms with Gasteiger partial charge < -0.3 is 15.5 Å². The van der Waals surface area contributed by atoms with Gasteiger partial charge in [0.2, 0.25) is 16.0 Å². The van der Waals surface area contributed by atoms with E-state index in [1.807, 2.05) is 0 Å². The molecule has 1 amide bonds. The van der Waals surface area contributed by atoms with Gasteiger partial charge in [0.1, 0.15) is 0 Å². The van der Waals surface area contributed by atoms with E-state index in [2.05, 4.69) is 20.6 Å². The Morgan fingerprint density at radius 1 is 0.971 bits per heavy atom. The predicted octanol–water partition coefficient (Wildman–Crippen LogP) is 1.62. The monoisotopic (exact) mass is 520 g/mol. The fourth-order valence-corrected chi connectivity index (χ4v) is 5.02. The van der Waals surface area contributed by atoms with Gasteiger partial charge in [-0.2, -0.15) is 4.98 Å². The highest BCUT2D eigenvalue weighted by molar-refractivity contribution is 7.91. The second kappa shape index (κ2) is 9.56. The molecule has 3 aromatic rings. The van der Waals surface area contributed by atoms with E-state index in [1.54, 1.807) is 24.3 Å². The van der Waals surface area contributed by atoms with Crippen molar-refractivity contribution < 1.29 is 26.0 Å². The lowest BCUT2D eigenvalue weighted by Gasteiger charge is -2.26. The van der Waals surface area contributed by atoms with Crippen LogP contribution in [-0.4, -0.2) is 62.2 Å². The molecule has 2 aromatic carbocycles. The van der Waals surface area contributed by atoms with Gasteiger partial charge in [0.05, 0.1) is 22.6 Å². The van der Waals surface area contributed by atoms with E-state index in [9.17, 15) is 26.0 Å². The van der Waals surface area contributed by atoms with E-state index >= 15 is 0 Å². The second-order valence-electron chi connectivity index (χ2n) is 7.73. The summed E-state index contributed by atoms with van der Waals surface area (Å²) in [5, 5.41) is 10.7. The maximum Gasteiger partial charge on any atom is 0.253 e. The van der Waals surface area contributed by atoms with Crippen LogP contribution >= 0.6 is 0 Å². The van der Waals surface area contributed by atoms with Crippen LogP contribution in [0, 0.1) is 5.82 Å². The number of benzene rings is 2. The highest BCUT2D eigenvalue weighted by Crippen LogP contribution is 2.22. The first-order valence-corrected chi connectivity index (χ1v) is 13.7. The number of halogens is 1. The van der Waals surface area contributed by atoms with Crippen molar-refractivity contribution in [1.82, 2.24) is 14.9 Å². The Balaban J connectivity index is 1.43. The molecule has 0 unspecified atom stereocenters. The van der Waals surface area contributed by atoms with E-state index in [0.717, 1.165) is 6.20 Å². The number of rotatable bonds is 6. The molecule has 14 heteroatoms. The summed E-state index contributed by atoms with van der Waals surface area (Å²) in [5.74, 6) is -1.17. The summed E-state index contributed by atoms with van der Waals surface area (Å²) in [4.78, 5) is 22.0. The molecule has 11 nitrogen and oxygen atoms in total. The van der Waals surface area contributed by atoms with Gasteiger partial charge in [-0.3, -0.25) is 4.79 Å². The lowest BCUT2D eigenvalue weighted by Crippen LogP contribution is -2.43. The molecule has 1 aromatic heterocycles. The summed E-state index contributed by atoms with van der Waals surface area (Å²) < 4.78 is 60.1. The number of nitrogens with one attached hydrogen (secondary N) is 2. The van der Waals surface area contributed by atoms with Crippen molar-refractivity contribution in [2.75, 3.05) is 35.2 Å². The number of sulfonamides is 1. The van der Waals surface area contributed by atoms with Crippen molar-refractivity contribution >= 4 is 48.9 Å². The zero-order valence-corrected chi connectivity index (χ0v) is 19.8. The summed E-state index contributed by atoms with van der Waals surface area (Å²) in [5.41, 5.74) is 1.30. The molecule has 0 radical (unpaired) electrons. The van der Waals surface area contributed by atoms with Crippen molar-refractivity contribution in [2.45, 2.75) is 4.90 Å². The van der Waals surface area contributed by atoms with E-state index in [0.29, 0.717) is 16.9 Å². The molecule has 0 atom stereocenters. The highest BCUT2D eigenvalue weighted by atomic mass is 32.2. The van der Waals surface area contributed by atoms with E-state index in [-0.39, 0.29) is 47.2 Å². The Labute approximate surface area is 201 Å². The third-order valence-corrected chi connectivity index (χ3v) is 7.75. The molecular formula is C21H21FN6O5S2. The van der Waals surface area contributed by atoms with Crippen LogP contribution < -0.4 is 15.8 Å². The second-order valence-corrected chi connectivity index (χ2v) is 11.6.